The first kappa shape index (κ1) is 14.8. The molecule has 0 amide bonds. The number of nitrogen functional groups attached to an aromatic ring is 1. The van der Waals surface area contributed by atoms with E-state index in [4.69, 9.17) is 5.73 Å². The zero-order valence-corrected chi connectivity index (χ0v) is 13.1. The maximum absolute atomic E-state index is 11.4. The van der Waals surface area contributed by atoms with Crippen LogP contribution in [0.2, 0.25) is 0 Å². The van der Waals surface area contributed by atoms with Gasteiger partial charge >= 0.3 is 5.97 Å². The van der Waals surface area contributed by atoms with Gasteiger partial charge in [0.2, 0.25) is 0 Å². The first-order chi connectivity index (χ1) is 9.60. The maximum Gasteiger partial charge on any atom is 0.343 e. The highest BCUT2D eigenvalue weighted by Crippen LogP contribution is 2.24. The van der Waals surface area contributed by atoms with Gasteiger partial charge in [0, 0.05) is 15.6 Å². The summed E-state index contributed by atoms with van der Waals surface area (Å²) in [6, 6.07) is 7.93. The Kier molecular flexibility index (Phi) is 4.97. The molecule has 2 N–H and O–H groups in total. The molecule has 0 aliphatic heterocycles. The van der Waals surface area contributed by atoms with Crippen molar-refractivity contribution in [2.24, 2.45) is 0 Å². The number of nitrogens with two attached hydrogens (primary N) is 1. The van der Waals surface area contributed by atoms with Crippen LogP contribution >= 0.6 is 27.7 Å². The topological polar surface area (TPSA) is 78.1 Å². The van der Waals surface area contributed by atoms with Crippen molar-refractivity contribution in [3.63, 3.8) is 0 Å². The molecule has 0 fully saturated rings. The standard InChI is InChI=1S/C13H12BrN3O2S/c1-19-13(18)10-6-16-11(17-12(10)15)7-20-9-4-2-3-8(14)5-9/h2-6H,7H2,1H3,(H2,15,16,17). The molecule has 0 radical (unpaired) electrons. The Morgan fingerprint density at radius 1 is 1.50 bits per heavy atom. The Labute approximate surface area is 129 Å². The Balaban J connectivity index is 2.07. The van der Waals surface area contributed by atoms with Gasteiger partial charge in [0.05, 0.1) is 12.9 Å². The maximum atomic E-state index is 11.4. The molecule has 2 aromatic rings. The van der Waals surface area contributed by atoms with Crippen molar-refractivity contribution in [1.29, 1.82) is 0 Å². The lowest BCUT2D eigenvalue weighted by molar-refractivity contribution is 0.0601. The lowest BCUT2D eigenvalue weighted by Crippen LogP contribution is -2.09. The number of ether oxygens (including phenoxy) is 1. The Morgan fingerprint density at radius 3 is 2.95 bits per heavy atom. The lowest BCUT2D eigenvalue weighted by atomic mass is 10.3. The second-order valence-electron chi connectivity index (χ2n) is 3.82. The molecule has 104 valence electrons. The summed E-state index contributed by atoms with van der Waals surface area (Å²) in [4.78, 5) is 20.7. The van der Waals surface area contributed by atoms with Gasteiger partial charge in [-0.25, -0.2) is 14.8 Å². The molecule has 1 aromatic carbocycles. The van der Waals surface area contributed by atoms with Gasteiger partial charge in [0.1, 0.15) is 17.2 Å². The van der Waals surface area contributed by atoms with E-state index in [1.807, 2.05) is 24.3 Å². The number of esters is 1. The zero-order valence-electron chi connectivity index (χ0n) is 10.7. The lowest BCUT2D eigenvalue weighted by Gasteiger charge is -2.05. The fraction of sp³-hybridized carbons (Fsp3) is 0.154. The molecule has 2 rings (SSSR count). The summed E-state index contributed by atoms with van der Waals surface area (Å²) in [5.74, 6) is 0.743. The van der Waals surface area contributed by atoms with Gasteiger partial charge in [0.15, 0.2) is 0 Å². The highest BCUT2D eigenvalue weighted by Gasteiger charge is 2.12. The molecule has 0 saturated heterocycles. The number of aromatic nitrogens is 2. The Bertz CT molecular complexity index is 637. The molecule has 1 heterocycles. The number of halogens is 1. The summed E-state index contributed by atoms with van der Waals surface area (Å²) < 4.78 is 5.61. The summed E-state index contributed by atoms with van der Waals surface area (Å²) in [7, 11) is 1.29. The first-order valence-electron chi connectivity index (χ1n) is 5.68. The van der Waals surface area contributed by atoms with Gasteiger partial charge in [-0.3, -0.25) is 0 Å². The van der Waals surface area contributed by atoms with Crippen LogP contribution in [0.15, 0.2) is 39.8 Å². The SMILES string of the molecule is COC(=O)c1cnc(CSc2cccc(Br)c2)nc1N. The van der Waals surface area contributed by atoms with Gasteiger partial charge in [-0.2, -0.15) is 0 Å². The minimum absolute atomic E-state index is 0.136. The van der Waals surface area contributed by atoms with Gasteiger partial charge in [-0.1, -0.05) is 22.0 Å². The van der Waals surface area contributed by atoms with E-state index in [2.05, 4.69) is 30.6 Å². The average molecular weight is 354 g/mol. The monoisotopic (exact) mass is 353 g/mol. The van der Waals surface area contributed by atoms with Crippen LogP contribution < -0.4 is 5.73 Å². The summed E-state index contributed by atoms with van der Waals surface area (Å²) in [5, 5.41) is 0. The predicted molar refractivity (Wildman–Crippen MR) is 81.5 cm³/mol. The molecule has 1 aromatic heterocycles. The van der Waals surface area contributed by atoms with Gasteiger partial charge in [-0.15, -0.1) is 11.8 Å². The minimum Gasteiger partial charge on any atom is -0.465 e. The number of nitrogens with zero attached hydrogens (tertiary/aromatic N) is 2. The van der Waals surface area contributed by atoms with Crippen LogP contribution in [0.3, 0.4) is 0 Å². The van der Waals surface area contributed by atoms with Crippen LogP contribution in [-0.2, 0) is 10.5 Å². The highest BCUT2D eigenvalue weighted by molar-refractivity contribution is 9.10. The molecule has 0 saturated carbocycles. The summed E-state index contributed by atoms with van der Waals surface area (Å²) in [6.07, 6.45) is 1.39. The van der Waals surface area contributed by atoms with Crippen molar-refractivity contribution in [2.45, 2.75) is 10.6 Å². The van der Waals surface area contributed by atoms with E-state index in [1.165, 1.54) is 13.3 Å². The van der Waals surface area contributed by atoms with E-state index in [0.717, 1.165) is 9.37 Å². The number of thioether (sulfide) groups is 1. The van der Waals surface area contributed by atoms with Crippen LogP contribution in [0.5, 0.6) is 0 Å². The molecule has 0 spiro atoms. The van der Waals surface area contributed by atoms with Gasteiger partial charge in [-0.05, 0) is 18.2 Å². The van der Waals surface area contributed by atoms with Crippen LogP contribution in [0.4, 0.5) is 5.82 Å². The van der Waals surface area contributed by atoms with Crippen LogP contribution in [0.25, 0.3) is 0 Å². The van der Waals surface area contributed by atoms with Crippen molar-refractivity contribution in [3.05, 3.63) is 46.3 Å². The summed E-state index contributed by atoms with van der Waals surface area (Å²) >= 11 is 5.01. The highest BCUT2D eigenvalue weighted by atomic mass is 79.9. The number of carbonyl (C=O) groups is 1. The van der Waals surface area contributed by atoms with Crippen molar-refractivity contribution in [3.8, 4) is 0 Å². The molecule has 7 heteroatoms. The van der Waals surface area contributed by atoms with Crippen molar-refractivity contribution < 1.29 is 9.53 Å². The molecule has 0 unspecified atom stereocenters. The minimum atomic E-state index is -0.534. The third-order valence-electron chi connectivity index (χ3n) is 2.44. The fourth-order valence-corrected chi connectivity index (χ4v) is 2.85. The number of anilines is 1. The fourth-order valence-electron chi connectivity index (χ4n) is 1.47. The van der Waals surface area contributed by atoms with Crippen LogP contribution in [0, 0.1) is 0 Å². The third-order valence-corrected chi connectivity index (χ3v) is 3.92. The quantitative estimate of drug-likeness (QED) is 0.672. The van der Waals surface area contributed by atoms with Gasteiger partial charge in [0.25, 0.3) is 0 Å². The Morgan fingerprint density at radius 2 is 2.30 bits per heavy atom. The molecule has 0 aliphatic carbocycles. The van der Waals surface area contributed by atoms with Crippen LogP contribution in [0.1, 0.15) is 16.2 Å². The number of rotatable bonds is 4. The second kappa shape index (κ2) is 6.71. The zero-order chi connectivity index (χ0) is 14.5. The number of hydrogen-bond acceptors (Lipinski definition) is 6. The Hall–Kier alpha value is -1.60. The van der Waals surface area contributed by atoms with Crippen molar-refractivity contribution >= 4 is 39.5 Å². The van der Waals surface area contributed by atoms with Gasteiger partial charge < -0.3 is 10.5 Å². The average Bonchev–Trinajstić information content (AvgIpc) is 2.44. The molecule has 20 heavy (non-hydrogen) atoms. The number of benzene rings is 1. The third kappa shape index (κ3) is 3.71. The molecular weight excluding hydrogens is 342 g/mol. The first-order valence-corrected chi connectivity index (χ1v) is 7.46. The second-order valence-corrected chi connectivity index (χ2v) is 5.79. The molecule has 0 atom stereocenters. The number of methoxy groups -OCH3 is 1. The van der Waals surface area contributed by atoms with Crippen molar-refractivity contribution in [2.75, 3.05) is 12.8 Å². The number of hydrogen-bond donors (Lipinski definition) is 1. The van der Waals surface area contributed by atoms with E-state index in [0.29, 0.717) is 11.6 Å². The predicted octanol–water partition coefficient (Wildman–Crippen LogP) is 2.90. The van der Waals surface area contributed by atoms with E-state index >= 15 is 0 Å². The largest absolute Gasteiger partial charge is 0.465 e. The van der Waals surface area contributed by atoms with E-state index < -0.39 is 5.97 Å². The molecule has 0 aliphatic rings. The normalized spacial score (nSPS) is 10.3. The summed E-state index contributed by atoms with van der Waals surface area (Å²) in [6.45, 7) is 0. The smallest absolute Gasteiger partial charge is 0.343 e. The van der Waals surface area contributed by atoms with Crippen LogP contribution in [-0.4, -0.2) is 23.0 Å². The van der Waals surface area contributed by atoms with Crippen molar-refractivity contribution in [1.82, 2.24) is 9.97 Å². The van der Waals surface area contributed by atoms with E-state index in [-0.39, 0.29) is 11.4 Å². The van der Waals surface area contributed by atoms with E-state index in [9.17, 15) is 4.79 Å². The summed E-state index contributed by atoms with van der Waals surface area (Å²) in [5.41, 5.74) is 5.91. The molecular formula is C13H12BrN3O2S. The van der Waals surface area contributed by atoms with E-state index in [1.54, 1.807) is 11.8 Å². The molecule has 5 nitrogen and oxygen atoms in total. The number of carbonyl (C=O) groups excluding carboxylic acids is 1. The molecule has 0 bridgehead atoms.